The van der Waals surface area contributed by atoms with Crippen molar-refractivity contribution in [1.29, 1.82) is 0 Å². The highest BCUT2D eigenvalue weighted by atomic mass is 35.5. The predicted molar refractivity (Wildman–Crippen MR) is 91.6 cm³/mol. The molecule has 0 bridgehead atoms. The summed E-state index contributed by atoms with van der Waals surface area (Å²) in [6.45, 7) is 0.330. The van der Waals surface area contributed by atoms with Crippen molar-refractivity contribution in [2.45, 2.75) is 6.54 Å². The van der Waals surface area contributed by atoms with Gasteiger partial charge in [-0.1, -0.05) is 16.4 Å². The smallest absolute Gasteiger partial charge is 0.253 e. The van der Waals surface area contributed by atoms with Crippen LogP contribution in [0.1, 0.15) is 5.56 Å². The predicted octanol–water partition coefficient (Wildman–Crippen LogP) is 2.78. The lowest BCUT2D eigenvalue weighted by Gasteiger charge is -2.07. The minimum atomic E-state index is -0.160. The number of rotatable bonds is 3. The van der Waals surface area contributed by atoms with Crippen molar-refractivity contribution < 1.29 is 5.21 Å². The average Bonchev–Trinajstić information content (AvgIpc) is 2.94. The third-order valence-electron chi connectivity index (χ3n) is 3.79. The summed E-state index contributed by atoms with van der Waals surface area (Å²) < 4.78 is 0. The molecule has 7 nitrogen and oxygen atoms in total. The summed E-state index contributed by atoms with van der Waals surface area (Å²) >= 11 is 6.00. The molecule has 0 amide bonds. The van der Waals surface area contributed by atoms with E-state index in [4.69, 9.17) is 11.6 Å². The van der Waals surface area contributed by atoms with Crippen LogP contribution in [0.5, 0.6) is 0 Å². The van der Waals surface area contributed by atoms with Gasteiger partial charge in [0.15, 0.2) is 0 Å². The van der Waals surface area contributed by atoms with E-state index < -0.39 is 0 Å². The number of halogens is 1. The summed E-state index contributed by atoms with van der Waals surface area (Å²) in [7, 11) is 0. The number of aromatic nitrogens is 4. The molecule has 4 aromatic rings. The number of anilines is 1. The van der Waals surface area contributed by atoms with E-state index in [2.05, 4.69) is 20.6 Å². The lowest BCUT2D eigenvalue weighted by atomic mass is 10.1. The van der Waals surface area contributed by atoms with Crippen molar-refractivity contribution in [3.8, 4) is 0 Å². The third-order valence-corrected chi connectivity index (χ3v) is 4.03. The van der Waals surface area contributed by atoms with Gasteiger partial charge in [0, 0.05) is 33.7 Å². The average molecular weight is 342 g/mol. The first-order valence-electron chi connectivity index (χ1n) is 7.20. The van der Waals surface area contributed by atoms with E-state index in [1.807, 2.05) is 12.1 Å². The first-order valence-corrected chi connectivity index (χ1v) is 7.58. The van der Waals surface area contributed by atoms with E-state index in [0.717, 1.165) is 16.6 Å². The Kier molecular flexibility index (Phi) is 3.35. The standard InChI is InChI=1S/C16H12ClN5O2/c17-11-1-3-13-9(6-11)5-10(16(23)19-13)8-18-12-2-4-14-15(7-12)22(24)21-20-14/h1-7,18,24H,8H2,(H,19,23). The van der Waals surface area contributed by atoms with Gasteiger partial charge in [-0.05, 0) is 47.7 Å². The van der Waals surface area contributed by atoms with Gasteiger partial charge in [-0.2, -0.15) is 0 Å². The number of H-pyrrole nitrogens is 1. The number of fused-ring (bicyclic) bond motifs is 2. The molecule has 3 N–H and O–H groups in total. The number of pyridine rings is 1. The van der Waals surface area contributed by atoms with Crippen LogP contribution in [0.15, 0.2) is 47.3 Å². The Labute approximate surface area is 140 Å². The van der Waals surface area contributed by atoms with E-state index >= 15 is 0 Å². The van der Waals surface area contributed by atoms with Crippen LogP contribution >= 0.6 is 11.6 Å². The molecule has 2 aromatic heterocycles. The first-order chi connectivity index (χ1) is 11.6. The van der Waals surface area contributed by atoms with Crippen LogP contribution in [-0.2, 0) is 6.54 Å². The third kappa shape index (κ3) is 2.55. The van der Waals surface area contributed by atoms with Crippen molar-refractivity contribution in [3.05, 3.63) is 63.4 Å². The maximum absolute atomic E-state index is 12.2. The van der Waals surface area contributed by atoms with Gasteiger partial charge in [-0.15, -0.1) is 5.10 Å². The number of nitrogens with one attached hydrogen (secondary N) is 2. The molecule has 8 heteroatoms. The van der Waals surface area contributed by atoms with Crippen molar-refractivity contribution >= 4 is 39.2 Å². The van der Waals surface area contributed by atoms with Crippen molar-refractivity contribution in [2.24, 2.45) is 0 Å². The summed E-state index contributed by atoms with van der Waals surface area (Å²) in [4.78, 5) is 15.7. The molecule has 0 aliphatic heterocycles. The van der Waals surface area contributed by atoms with E-state index in [1.165, 1.54) is 0 Å². The summed E-state index contributed by atoms with van der Waals surface area (Å²) in [6, 6.07) is 12.4. The Hall–Kier alpha value is -3.06. The van der Waals surface area contributed by atoms with Crippen LogP contribution in [0.2, 0.25) is 5.02 Å². The van der Waals surface area contributed by atoms with Crippen LogP contribution in [-0.4, -0.2) is 25.3 Å². The fourth-order valence-electron chi connectivity index (χ4n) is 2.57. The Morgan fingerprint density at radius 2 is 2.08 bits per heavy atom. The number of hydrogen-bond acceptors (Lipinski definition) is 5. The Bertz CT molecular complexity index is 1120. The van der Waals surface area contributed by atoms with Gasteiger partial charge in [0.25, 0.3) is 5.56 Å². The van der Waals surface area contributed by atoms with Crippen molar-refractivity contribution in [1.82, 2.24) is 20.1 Å². The quantitative estimate of drug-likeness (QED) is 0.498. The van der Waals surface area contributed by atoms with Crippen LogP contribution in [0.25, 0.3) is 21.9 Å². The molecule has 0 aliphatic rings. The summed E-state index contributed by atoms with van der Waals surface area (Å²) in [5, 5.41) is 21.5. The molecule has 4 rings (SSSR count). The van der Waals surface area contributed by atoms with Gasteiger partial charge in [0.2, 0.25) is 0 Å². The molecule has 0 fully saturated rings. The molecule has 2 heterocycles. The van der Waals surface area contributed by atoms with Gasteiger partial charge >= 0.3 is 0 Å². The number of hydrogen-bond donors (Lipinski definition) is 3. The van der Waals surface area contributed by atoms with E-state index in [-0.39, 0.29) is 5.56 Å². The lowest BCUT2D eigenvalue weighted by molar-refractivity contribution is 0.155. The summed E-state index contributed by atoms with van der Waals surface area (Å²) in [5.41, 5.74) is 2.98. The highest BCUT2D eigenvalue weighted by Gasteiger charge is 2.06. The zero-order valence-corrected chi connectivity index (χ0v) is 13.1. The maximum Gasteiger partial charge on any atom is 0.253 e. The second-order valence-corrected chi connectivity index (χ2v) is 5.83. The van der Waals surface area contributed by atoms with Gasteiger partial charge < -0.3 is 15.5 Å². The Balaban J connectivity index is 1.64. The largest absolute Gasteiger partial charge is 0.410 e. The minimum Gasteiger partial charge on any atom is -0.410 e. The first kappa shape index (κ1) is 14.5. The van der Waals surface area contributed by atoms with E-state index in [1.54, 1.807) is 30.3 Å². The zero-order valence-electron chi connectivity index (χ0n) is 12.3. The second-order valence-electron chi connectivity index (χ2n) is 5.39. The molecule has 0 spiro atoms. The highest BCUT2D eigenvalue weighted by Crippen LogP contribution is 2.19. The molecule has 0 unspecified atom stereocenters. The highest BCUT2D eigenvalue weighted by molar-refractivity contribution is 6.31. The zero-order chi connectivity index (χ0) is 16.7. The number of nitrogens with zero attached hydrogens (tertiary/aromatic N) is 3. The summed E-state index contributed by atoms with van der Waals surface area (Å²) in [6.07, 6.45) is 0. The number of benzene rings is 2. The van der Waals surface area contributed by atoms with Crippen molar-refractivity contribution in [2.75, 3.05) is 5.32 Å². The van der Waals surface area contributed by atoms with E-state index in [0.29, 0.717) is 33.0 Å². The molecule has 0 atom stereocenters. The van der Waals surface area contributed by atoms with Gasteiger partial charge in [-0.3, -0.25) is 4.79 Å². The van der Waals surface area contributed by atoms with Crippen LogP contribution in [0.4, 0.5) is 5.69 Å². The Morgan fingerprint density at radius 3 is 2.96 bits per heavy atom. The topological polar surface area (TPSA) is 95.8 Å². The Morgan fingerprint density at radius 1 is 1.21 bits per heavy atom. The van der Waals surface area contributed by atoms with Crippen molar-refractivity contribution in [3.63, 3.8) is 0 Å². The van der Waals surface area contributed by atoms with Gasteiger partial charge in [0.1, 0.15) is 11.0 Å². The van der Waals surface area contributed by atoms with Gasteiger partial charge in [0.05, 0.1) is 0 Å². The monoisotopic (exact) mass is 341 g/mol. The van der Waals surface area contributed by atoms with Crippen LogP contribution in [0, 0.1) is 0 Å². The van der Waals surface area contributed by atoms with E-state index in [9.17, 15) is 10.0 Å². The fraction of sp³-hybridized carbons (Fsp3) is 0.0625. The van der Waals surface area contributed by atoms with Gasteiger partial charge in [-0.25, -0.2) is 0 Å². The molecule has 0 aliphatic carbocycles. The van der Waals surface area contributed by atoms with Crippen LogP contribution < -0.4 is 10.9 Å². The lowest BCUT2D eigenvalue weighted by Crippen LogP contribution is -2.15. The normalized spacial score (nSPS) is 11.2. The molecule has 0 saturated heterocycles. The molecule has 0 saturated carbocycles. The summed E-state index contributed by atoms with van der Waals surface area (Å²) in [5.74, 6) is 0. The molecular weight excluding hydrogens is 330 g/mol. The fourth-order valence-corrected chi connectivity index (χ4v) is 2.75. The minimum absolute atomic E-state index is 0.160. The number of aromatic amines is 1. The molecule has 0 radical (unpaired) electrons. The molecular formula is C16H12ClN5O2. The molecule has 24 heavy (non-hydrogen) atoms. The molecule has 2 aromatic carbocycles. The second kappa shape index (κ2) is 5.54. The molecule has 120 valence electrons. The SMILES string of the molecule is O=c1[nH]c2ccc(Cl)cc2cc1CNc1ccc2nnn(O)c2c1. The maximum atomic E-state index is 12.2. The van der Waals surface area contributed by atoms with Crippen LogP contribution in [0.3, 0.4) is 0 Å².